The van der Waals surface area contributed by atoms with Crippen molar-refractivity contribution < 1.29 is 14.9 Å². The second-order valence-corrected chi connectivity index (χ2v) is 4.92. The van der Waals surface area contributed by atoms with Crippen molar-refractivity contribution in [3.8, 4) is 11.5 Å². The van der Waals surface area contributed by atoms with Crippen LogP contribution in [-0.4, -0.2) is 16.8 Å². The quantitative estimate of drug-likeness (QED) is 0.868. The Hall–Kier alpha value is -1.84. The summed E-state index contributed by atoms with van der Waals surface area (Å²) in [6, 6.07) is 13.2. The van der Waals surface area contributed by atoms with Crippen LogP contribution in [0.4, 0.5) is 0 Å². The molecule has 0 amide bonds. The summed E-state index contributed by atoms with van der Waals surface area (Å²) in [6.45, 7) is 2.04. The van der Waals surface area contributed by atoms with Crippen LogP contribution in [0.5, 0.6) is 11.5 Å². The van der Waals surface area contributed by atoms with E-state index in [0.29, 0.717) is 11.5 Å². The van der Waals surface area contributed by atoms with Gasteiger partial charge < -0.3 is 14.9 Å². The minimum Gasteiger partial charge on any atom is -0.457 e. The lowest BCUT2D eigenvalue weighted by molar-refractivity contribution is 0.202. The van der Waals surface area contributed by atoms with Gasteiger partial charge in [-0.1, -0.05) is 31.2 Å². The molecule has 3 nitrogen and oxygen atoms in total. The first-order chi connectivity index (χ1) is 9.20. The average Bonchev–Trinajstić information content (AvgIpc) is 2.46. The van der Waals surface area contributed by atoms with Gasteiger partial charge in [0.05, 0.1) is 0 Å². The molecule has 1 heterocycles. The number of ether oxygens (including phenoxy) is 1. The van der Waals surface area contributed by atoms with Crippen molar-refractivity contribution in [1.29, 1.82) is 0 Å². The molecule has 19 heavy (non-hydrogen) atoms. The molecule has 0 radical (unpaired) electrons. The Balaban J connectivity index is 2.06. The molecule has 1 aliphatic heterocycles. The summed E-state index contributed by atoms with van der Waals surface area (Å²) in [7, 11) is 0. The maximum atomic E-state index is 10.4. The third kappa shape index (κ3) is 2.01. The van der Waals surface area contributed by atoms with Gasteiger partial charge >= 0.3 is 0 Å². The number of hydrogen-bond acceptors (Lipinski definition) is 3. The summed E-state index contributed by atoms with van der Waals surface area (Å²) >= 11 is 0. The van der Waals surface area contributed by atoms with Gasteiger partial charge in [-0.15, -0.1) is 0 Å². The molecule has 2 unspecified atom stereocenters. The van der Waals surface area contributed by atoms with Crippen LogP contribution in [0.1, 0.15) is 35.6 Å². The van der Waals surface area contributed by atoms with Crippen LogP contribution in [0.2, 0.25) is 0 Å². The Bertz CT molecular complexity index is 607. The summed E-state index contributed by atoms with van der Waals surface area (Å²) in [4.78, 5) is 0. The molecular weight excluding hydrogens is 240 g/mol. The van der Waals surface area contributed by atoms with Gasteiger partial charge in [-0.05, 0) is 23.8 Å². The molecule has 0 aliphatic carbocycles. The van der Waals surface area contributed by atoms with Crippen LogP contribution in [0.15, 0.2) is 42.5 Å². The number of para-hydroxylation sites is 1. The molecule has 0 fully saturated rings. The van der Waals surface area contributed by atoms with Crippen LogP contribution in [-0.2, 0) is 0 Å². The average molecular weight is 256 g/mol. The maximum Gasteiger partial charge on any atom is 0.133 e. The number of aliphatic hydroxyl groups is 2. The molecule has 2 atom stereocenters. The number of hydrogen-bond donors (Lipinski definition) is 2. The first-order valence-electron chi connectivity index (χ1n) is 6.40. The van der Waals surface area contributed by atoms with E-state index in [4.69, 9.17) is 4.74 Å². The fraction of sp³-hybridized carbons (Fsp3) is 0.250. The minimum atomic E-state index is -0.675. The summed E-state index contributed by atoms with van der Waals surface area (Å²) < 4.78 is 5.79. The molecule has 0 aromatic heterocycles. The van der Waals surface area contributed by atoms with Gasteiger partial charge in [0.1, 0.15) is 17.6 Å². The molecule has 98 valence electrons. The first-order valence-corrected chi connectivity index (χ1v) is 6.40. The van der Waals surface area contributed by atoms with E-state index >= 15 is 0 Å². The summed E-state index contributed by atoms with van der Waals surface area (Å²) in [5.74, 6) is 1.43. The lowest BCUT2D eigenvalue weighted by atomic mass is 9.92. The minimum absolute atomic E-state index is 0.0506. The number of aliphatic hydroxyl groups excluding tert-OH is 2. The number of benzene rings is 2. The fourth-order valence-electron chi connectivity index (χ4n) is 2.37. The van der Waals surface area contributed by atoms with Gasteiger partial charge in [0, 0.05) is 23.7 Å². The zero-order valence-electron chi connectivity index (χ0n) is 10.7. The number of rotatable bonds is 2. The molecule has 2 aromatic carbocycles. The van der Waals surface area contributed by atoms with Crippen molar-refractivity contribution in [2.45, 2.75) is 18.9 Å². The Labute approximate surface area is 112 Å². The topological polar surface area (TPSA) is 49.7 Å². The zero-order chi connectivity index (χ0) is 13.4. The molecule has 3 rings (SSSR count). The van der Waals surface area contributed by atoms with E-state index in [1.807, 2.05) is 49.4 Å². The maximum absolute atomic E-state index is 10.4. The van der Waals surface area contributed by atoms with Gasteiger partial charge in [-0.2, -0.15) is 0 Å². The van der Waals surface area contributed by atoms with Crippen LogP contribution in [0.25, 0.3) is 0 Å². The van der Waals surface area contributed by atoms with Crippen LogP contribution >= 0.6 is 0 Å². The fourth-order valence-corrected chi connectivity index (χ4v) is 2.37. The van der Waals surface area contributed by atoms with E-state index in [2.05, 4.69) is 0 Å². The normalized spacial score (nSPS) is 18.2. The van der Waals surface area contributed by atoms with E-state index in [9.17, 15) is 10.2 Å². The molecule has 1 aliphatic rings. The van der Waals surface area contributed by atoms with Gasteiger partial charge in [0.15, 0.2) is 0 Å². The van der Waals surface area contributed by atoms with Gasteiger partial charge in [-0.25, -0.2) is 0 Å². The molecule has 0 bridgehead atoms. The molecule has 3 heteroatoms. The van der Waals surface area contributed by atoms with Gasteiger partial charge in [0.25, 0.3) is 0 Å². The monoisotopic (exact) mass is 256 g/mol. The van der Waals surface area contributed by atoms with Crippen LogP contribution < -0.4 is 4.74 Å². The van der Waals surface area contributed by atoms with E-state index < -0.39 is 6.10 Å². The third-order valence-electron chi connectivity index (χ3n) is 3.60. The first kappa shape index (κ1) is 12.2. The van der Waals surface area contributed by atoms with E-state index in [1.54, 1.807) is 0 Å². The molecule has 0 spiro atoms. The molecule has 2 N–H and O–H groups in total. The van der Waals surface area contributed by atoms with Crippen molar-refractivity contribution in [3.63, 3.8) is 0 Å². The van der Waals surface area contributed by atoms with Crippen molar-refractivity contribution >= 4 is 0 Å². The number of fused-ring (bicyclic) bond motifs is 2. The Morgan fingerprint density at radius 2 is 1.84 bits per heavy atom. The lowest BCUT2D eigenvalue weighted by Gasteiger charge is -2.25. The van der Waals surface area contributed by atoms with E-state index in [1.165, 1.54) is 0 Å². The van der Waals surface area contributed by atoms with Crippen molar-refractivity contribution in [1.82, 2.24) is 0 Å². The Kier molecular flexibility index (Phi) is 3.01. The van der Waals surface area contributed by atoms with Gasteiger partial charge in [-0.3, -0.25) is 0 Å². The molecule has 0 saturated heterocycles. The second-order valence-electron chi connectivity index (χ2n) is 4.92. The smallest absolute Gasteiger partial charge is 0.133 e. The largest absolute Gasteiger partial charge is 0.457 e. The SMILES string of the molecule is CC(CO)c1ccc2c(c1)C(O)c1ccccc1O2. The third-order valence-corrected chi connectivity index (χ3v) is 3.60. The molecule has 0 saturated carbocycles. The van der Waals surface area contributed by atoms with E-state index in [-0.39, 0.29) is 12.5 Å². The second kappa shape index (κ2) is 4.68. The standard InChI is InChI=1S/C16H16O3/c1-10(9-17)11-6-7-15-13(8-11)16(18)12-4-2-3-5-14(12)19-15/h2-8,10,16-18H,9H2,1H3. The van der Waals surface area contributed by atoms with Gasteiger partial charge in [0.2, 0.25) is 0 Å². The van der Waals surface area contributed by atoms with Crippen LogP contribution in [0.3, 0.4) is 0 Å². The zero-order valence-corrected chi connectivity index (χ0v) is 10.7. The summed E-state index contributed by atoms with van der Waals surface area (Å²) in [6.07, 6.45) is -0.675. The highest BCUT2D eigenvalue weighted by Gasteiger charge is 2.25. The van der Waals surface area contributed by atoms with Crippen molar-refractivity contribution in [2.24, 2.45) is 0 Å². The highest BCUT2D eigenvalue weighted by atomic mass is 16.5. The highest BCUT2D eigenvalue weighted by molar-refractivity contribution is 5.53. The molecule has 2 aromatic rings. The Morgan fingerprint density at radius 3 is 2.63 bits per heavy atom. The van der Waals surface area contributed by atoms with E-state index in [0.717, 1.165) is 16.7 Å². The predicted octanol–water partition coefficient (Wildman–Crippen LogP) is 2.97. The van der Waals surface area contributed by atoms with Crippen molar-refractivity contribution in [3.05, 3.63) is 59.2 Å². The van der Waals surface area contributed by atoms with Crippen LogP contribution in [0, 0.1) is 0 Å². The summed E-state index contributed by atoms with van der Waals surface area (Å²) in [5, 5.41) is 19.7. The Morgan fingerprint density at radius 1 is 1.11 bits per heavy atom. The summed E-state index contributed by atoms with van der Waals surface area (Å²) in [5.41, 5.74) is 2.54. The highest BCUT2D eigenvalue weighted by Crippen LogP contribution is 2.43. The molecular formula is C16H16O3. The predicted molar refractivity (Wildman–Crippen MR) is 72.5 cm³/mol. The van der Waals surface area contributed by atoms with Crippen molar-refractivity contribution in [2.75, 3.05) is 6.61 Å². The lowest BCUT2D eigenvalue weighted by Crippen LogP contribution is -2.11.